The van der Waals surface area contributed by atoms with E-state index in [9.17, 15) is 9.18 Å². The minimum Gasteiger partial charge on any atom is -0.478 e. The first-order valence-electron chi connectivity index (χ1n) is 5.06. The molecule has 0 saturated heterocycles. The average molecular weight is 267 g/mol. The van der Waals surface area contributed by atoms with E-state index in [0.29, 0.717) is 16.5 Å². The molecule has 0 bridgehead atoms. The molecule has 0 radical (unpaired) electrons. The summed E-state index contributed by atoms with van der Waals surface area (Å²) in [6.07, 6.45) is 1.41. The molecule has 0 aliphatic rings. The van der Waals surface area contributed by atoms with Crippen LogP contribution in [0, 0.1) is 5.82 Å². The second-order valence-electron chi connectivity index (χ2n) is 3.57. The van der Waals surface area contributed by atoms with Gasteiger partial charge in [0.25, 0.3) is 0 Å². The van der Waals surface area contributed by atoms with Crippen molar-refractivity contribution >= 4 is 17.7 Å². The topological polar surface area (TPSA) is 68.0 Å². The van der Waals surface area contributed by atoms with Crippen molar-refractivity contribution in [3.63, 3.8) is 0 Å². The summed E-state index contributed by atoms with van der Waals surface area (Å²) in [6, 6.07) is 3.74. The lowest BCUT2D eigenvalue weighted by atomic mass is 10.1. The van der Waals surface area contributed by atoms with Crippen LogP contribution in [0.5, 0.6) is 0 Å². The smallest absolute Gasteiger partial charge is 0.335 e. The molecule has 2 aromatic rings. The maximum atomic E-state index is 13.5. The third kappa shape index (κ3) is 2.67. The molecule has 1 N–H and O–H groups in total. The van der Waals surface area contributed by atoms with Gasteiger partial charge in [-0.3, -0.25) is 0 Å². The number of benzene rings is 1. The van der Waals surface area contributed by atoms with Gasteiger partial charge >= 0.3 is 5.97 Å². The number of aromatic nitrogens is 3. The van der Waals surface area contributed by atoms with Crippen LogP contribution in [0.25, 0.3) is 0 Å². The van der Waals surface area contributed by atoms with Gasteiger partial charge in [-0.25, -0.2) is 18.9 Å². The van der Waals surface area contributed by atoms with Crippen molar-refractivity contribution in [3.05, 3.63) is 41.5 Å². The molecule has 0 aliphatic heterocycles. The summed E-state index contributed by atoms with van der Waals surface area (Å²) in [5.74, 6) is -1.19. The third-order valence-electron chi connectivity index (χ3n) is 2.32. The van der Waals surface area contributed by atoms with E-state index in [1.807, 2.05) is 0 Å². The number of hydrogen-bond donors (Lipinski definition) is 1. The summed E-state index contributed by atoms with van der Waals surface area (Å²) in [7, 11) is 1.74. The highest BCUT2D eigenvalue weighted by Crippen LogP contribution is 2.22. The van der Waals surface area contributed by atoms with Crippen molar-refractivity contribution in [3.8, 4) is 0 Å². The number of rotatable bonds is 4. The molecule has 0 aliphatic carbocycles. The van der Waals surface area contributed by atoms with Crippen LogP contribution >= 0.6 is 11.8 Å². The zero-order valence-electron chi connectivity index (χ0n) is 9.50. The number of hydrogen-bond acceptors (Lipinski definition) is 4. The van der Waals surface area contributed by atoms with Crippen LogP contribution in [0.2, 0.25) is 0 Å². The fourth-order valence-electron chi connectivity index (χ4n) is 1.38. The molecule has 18 heavy (non-hydrogen) atoms. The van der Waals surface area contributed by atoms with Crippen LogP contribution in [0.1, 0.15) is 15.9 Å². The second-order valence-corrected chi connectivity index (χ2v) is 4.51. The van der Waals surface area contributed by atoms with E-state index >= 15 is 0 Å². The van der Waals surface area contributed by atoms with E-state index < -0.39 is 11.8 Å². The molecular formula is C11H10FN3O2S. The van der Waals surface area contributed by atoms with Crippen LogP contribution in [0.4, 0.5) is 4.39 Å². The first-order chi connectivity index (χ1) is 8.58. The van der Waals surface area contributed by atoms with E-state index in [0.717, 1.165) is 6.07 Å². The molecule has 0 saturated carbocycles. The quantitative estimate of drug-likeness (QED) is 0.857. The Morgan fingerprint density at radius 2 is 2.33 bits per heavy atom. The molecule has 1 aromatic heterocycles. The Kier molecular flexibility index (Phi) is 3.61. The number of carboxylic acid groups (broad SMARTS) is 1. The fourth-order valence-corrected chi connectivity index (χ4v) is 2.24. The molecule has 7 heteroatoms. The Balaban J connectivity index is 2.16. The Morgan fingerprint density at radius 3 is 2.94 bits per heavy atom. The van der Waals surface area contributed by atoms with Gasteiger partial charge in [0, 0.05) is 12.8 Å². The largest absolute Gasteiger partial charge is 0.478 e. The van der Waals surface area contributed by atoms with Crippen molar-refractivity contribution < 1.29 is 14.3 Å². The lowest BCUT2D eigenvalue weighted by Gasteiger charge is -2.04. The molecule has 0 unspecified atom stereocenters. The standard InChI is InChI=1S/C11H10FN3O2S/c1-15-11(13-6-14-15)18-5-8-4-7(10(16)17)2-3-9(8)12/h2-4,6H,5H2,1H3,(H,16,17). The van der Waals surface area contributed by atoms with E-state index in [1.165, 1.54) is 30.2 Å². The van der Waals surface area contributed by atoms with Crippen LogP contribution in [-0.2, 0) is 12.8 Å². The highest BCUT2D eigenvalue weighted by Gasteiger charge is 2.10. The first-order valence-corrected chi connectivity index (χ1v) is 6.05. The van der Waals surface area contributed by atoms with Gasteiger partial charge in [0.05, 0.1) is 5.56 Å². The minimum atomic E-state index is -1.07. The highest BCUT2D eigenvalue weighted by atomic mass is 32.2. The van der Waals surface area contributed by atoms with Crippen LogP contribution in [0.15, 0.2) is 29.7 Å². The molecule has 1 heterocycles. The summed E-state index contributed by atoms with van der Waals surface area (Å²) in [5.41, 5.74) is 0.410. The zero-order chi connectivity index (χ0) is 13.1. The van der Waals surface area contributed by atoms with Gasteiger partial charge < -0.3 is 5.11 Å². The van der Waals surface area contributed by atoms with E-state index in [1.54, 1.807) is 11.7 Å². The third-order valence-corrected chi connectivity index (χ3v) is 3.40. The van der Waals surface area contributed by atoms with E-state index in [2.05, 4.69) is 10.1 Å². The van der Waals surface area contributed by atoms with E-state index in [-0.39, 0.29) is 5.56 Å². The van der Waals surface area contributed by atoms with Crippen molar-refractivity contribution in [1.29, 1.82) is 0 Å². The molecule has 1 aromatic carbocycles. The number of aromatic carboxylic acids is 1. The summed E-state index contributed by atoms with van der Waals surface area (Å²) in [4.78, 5) is 14.8. The maximum Gasteiger partial charge on any atom is 0.335 e. The van der Waals surface area contributed by atoms with Crippen molar-refractivity contribution in [2.45, 2.75) is 10.9 Å². The average Bonchev–Trinajstić information content (AvgIpc) is 2.73. The highest BCUT2D eigenvalue weighted by molar-refractivity contribution is 7.98. The molecule has 0 atom stereocenters. The Morgan fingerprint density at radius 1 is 1.56 bits per heavy atom. The predicted octanol–water partition coefficient (Wildman–Crippen LogP) is 1.94. The van der Waals surface area contributed by atoms with Gasteiger partial charge in [0.15, 0.2) is 5.16 Å². The zero-order valence-corrected chi connectivity index (χ0v) is 10.3. The molecule has 0 amide bonds. The van der Waals surface area contributed by atoms with Crippen molar-refractivity contribution in [2.24, 2.45) is 7.05 Å². The molecule has 0 fully saturated rings. The van der Waals surface area contributed by atoms with Gasteiger partial charge in [-0.05, 0) is 23.8 Å². The number of carbonyl (C=O) groups is 1. The SMILES string of the molecule is Cn1ncnc1SCc1cc(C(=O)O)ccc1F. The van der Waals surface area contributed by atoms with Gasteiger partial charge in [-0.1, -0.05) is 11.8 Å². The van der Waals surface area contributed by atoms with Crippen LogP contribution in [-0.4, -0.2) is 25.8 Å². The van der Waals surface area contributed by atoms with Crippen molar-refractivity contribution in [1.82, 2.24) is 14.8 Å². The lowest BCUT2D eigenvalue weighted by molar-refractivity contribution is 0.0696. The number of nitrogens with zero attached hydrogens (tertiary/aromatic N) is 3. The van der Waals surface area contributed by atoms with Gasteiger partial charge in [-0.2, -0.15) is 5.10 Å². The van der Waals surface area contributed by atoms with Crippen molar-refractivity contribution in [2.75, 3.05) is 0 Å². The first kappa shape index (κ1) is 12.6. The summed E-state index contributed by atoms with van der Waals surface area (Å²) in [6.45, 7) is 0. The van der Waals surface area contributed by atoms with Crippen LogP contribution in [0.3, 0.4) is 0 Å². The fraction of sp³-hybridized carbons (Fsp3) is 0.182. The molecular weight excluding hydrogens is 257 g/mol. The summed E-state index contributed by atoms with van der Waals surface area (Å²) in [5, 5.41) is 13.4. The second kappa shape index (κ2) is 5.18. The molecule has 5 nitrogen and oxygen atoms in total. The van der Waals surface area contributed by atoms with Gasteiger partial charge in [-0.15, -0.1) is 0 Å². The molecule has 94 valence electrons. The Bertz CT molecular complexity index is 585. The minimum absolute atomic E-state index is 0.0740. The van der Waals surface area contributed by atoms with Gasteiger partial charge in [0.2, 0.25) is 0 Å². The molecule has 0 spiro atoms. The predicted molar refractivity (Wildman–Crippen MR) is 63.9 cm³/mol. The Hall–Kier alpha value is -1.89. The number of carboxylic acids is 1. The van der Waals surface area contributed by atoms with Gasteiger partial charge in [0.1, 0.15) is 12.1 Å². The maximum absolute atomic E-state index is 13.5. The lowest BCUT2D eigenvalue weighted by Crippen LogP contribution is -1.99. The van der Waals surface area contributed by atoms with Crippen LogP contribution < -0.4 is 0 Å². The summed E-state index contributed by atoms with van der Waals surface area (Å²) < 4.78 is 15.1. The normalized spacial score (nSPS) is 10.6. The number of aryl methyl sites for hydroxylation is 1. The number of halogens is 1. The monoisotopic (exact) mass is 267 g/mol. The summed E-state index contributed by atoms with van der Waals surface area (Å²) >= 11 is 1.30. The number of thioether (sulfide) groups is 1. The van der Waals surface area contributed by atoms with E-state index in [4.69, 9.17) is 5.11 Å². The Labute approximate surface area is 107 Å². The molecule has 2 rings (SSSR count).